The topological polar surface area (TPSA) is 70.7 Å². The Morgan fingerprint density at radius 2 is 2.03 bits per heavy atom. The largest absolute Gasteiger partial charge is 0.488 e. The van der Waals surface area contributed by atoms with E-state index >= 15 is 0 Å². The van der Waals surface area contributed by atoms with Crippen molar-refractivity contribution in [2.75, 3.05) is 20.3 Å². The lowest BCUT2D eigenvalue weighted by Gasteiger charge is -2.18. The monoisotopic (exact) mass is 392 g/mol. The highest BCUT2D eigenvalue weighted by atomic mass is 16.5. The summed E-state index contributed by atoms with van der Waals surface area (Å²) in [4.78, 5) is 7.77. The molecule has 152 valence electrons. The highest BCUT2D eigenvalue weighted by Crippen LogP contribution is 2.23. The van der Waals surface area contributed by atoms with E-state index in [-0.39, 0.29) is 6.10 Å². The molecule has 6 nitrogen and oxygen atoms in total. The minimum Gasteiger partial charge on any atom is -0.488 e. The van der Waals surface area contributed by atoms with Crippen molar-refractivity contribution < 1.29 is 9.47 Å². The predicted octanol–water partition coefficient (Wildman–Crippen LogP) is 3.51. The SMILES string of the molecule is CN=C(NCc1cc2ccccc2[nH]1)NCc1ccc(C)cc1OC1CCOC1. The quantitative estimate of drug-likeness (QED) is 0.443. The van der Waals surface area contributed by atoms with Gasteiger partial charge in [-0.25, -0.2) is 0 Å². The molecule has 1 saturated heterocycles. The van der Waals surface area contributed by atoms with Crippen LogP contribution in [0.1, 0.15) is 23.2 Å². The van der Waals surface area contributed by atoms with Gasteiger partial charge in [-0.15, -0.1) is 0 Å². The van der Waals surface area contributed by atoms with Crippen LogP contribution in [0.15, 0.2) is 53.5 Å². The first-order valence-corrected chi connectivity index (χ1v) is 10.1. The van der Waals surface area contributed by atoms with Gasteiger partial charge in [0.15, 0.2) is 5.96 Å². The van der Waals surface area contributed by atoms with Crippen LogP contribution in [-0.2, 0) is 17.8 Å². The lowest BCUT2D eigenvalue weighted by Crippen LogP contribution is -2.36. The molecule has 0 saturated carbocycles. The van der Waals surface area contributed by atoms with Gasteiger partial charge in [0.25, 0.3) is 0 Å². The number of nitrogens with zero attached hydrogens (tertiary/aromatic N) is 1. The third-order valence-corrected chi connectivity index (χ3v) is 5.11. The number of rotatable bonds is 6. The highest BCUT2D eigenvalue weighted by Gasteiger charge is 2.18. The van der Waals surface area contributed by atoms with Crippen LogP contribution < -0.4 is 15.4 Å². The number of nitrogens with one attached hydrogen (secondary N) is 3. The molecule has 3 N–H and O–H groups in total. The molecule has 2 aromatic carbocycles. The Morgan fingerprint density at radius 1 is 1.17 bits per heavy atom. The molecule has 0 radical (unpaired) electrons. The number of aryl methyl sites for hydroxylation is 1. The number of aromatic amines is 1. The van der Waals surface area contributed by atoms with Crippen LogP contribution in [0.25, 0.3) is 10.9 Å². The minimum atomic E-state index is 0.134. The normalized spacial score (nSPS) is 16.9. The number of H-pyrrole nitrogens is 1. The molecule has 0 spiro atoms. The first-order chi connectivity index (χ1) is 14.2. The Balaban J connectivity index is 1.36. The first kappa shape index (κ1) is 19.3. The standard InChI is InChI=1S/C23H28N4O2/c1-16-7-8-18(22(11-16)29-20-9-10-28-15-20)13-25-23(24-2)26-14-19-12-17-5-3-4-6-21(17)27-19/h3-8,11-12,20,27H,9-10,13-15H2,1-2H3,(H2,24,25,26). The molecule has 1 atom stereocenters. The molecule has 6 heteroatoms. The summed E-state index contributed by atoms with van der Waals surface area (Å²) >= 11 is 0. The van der Waals surface area contributed by atoms with E-state index in [0.717, 1.165) is 41.5 Å². The number of aromatic nitrogens is 1. The second-order valence-corrected chi connectivity index (χ2v) is 7.38. The third kappa shape index (κ3) is 4.90. The van der Waals surface area contributed by atoms with Gasteiger partial charge in [0.2, 0.25) is 0 Å². The zero-order valence-electron chi connectivity index (χ0n) is 17.0. The Kier molecular flexibility index (Phi) is 6.00. The van der Waals surface area contributed by atoms with E-state index in [1.807, 2.05) is 12.1 Å². The molecule has 1 fully saturated rings. The van der Waals surface area contributed by atoms with Crippen molar-refractivity contribution in [1.82, 2.24) is 15.6 Å². The van der Waals surface area contributed by atoms with Crippen molar-refractivity contribution in [3.63, 3.8) is 0 Å². The number of aliphatic imine (C=N–C) groups is 1. The van der Waals surface area contributed by atoms with E-state index < -0.39 is 0 Å². The zero-order valence-corrected chi connectivity index (χ0v) is 17.0. The molecule has 1 aromatic heterocycles. The van der Waals surface area contributed by atoms with Gasteiger partial charge in [-0.1, -0.05) is 30.3 Å². The predicted molar refractivity (Wildman–Crippen MR) is 116 cm³/mol. The molecule has 1 aliphatic rings. The van der Waals surface area contributed by atoms with Gasteiger partial charge in [-0.3, -0.25) is 4.99 Å². The van der Waals surface area contributed by atoms with Gasteiger partial charge in [-0.2, -0.15) is 0 Å². The number of hydrogen-bond acceptors (Lipinski definition) is 3. The van der Waals surface area contributed by atoms with Gasteiger partial charge < -0.3 is 25.1 Å². The fourth-order valence-electron chi connectivity index (χ4n) is 3.51. The smallest absolute Gasteiger partial charge is 0.191 e. The number of fused-ring (bicyclic) bond motifs is 1. The fourth-order valence-corrected chi connectivity index (χ4v) is 3.51. The van der Waals surface area contributed by atoms with Crippen molar-refractivity contribution >= 4 is 16.9 Å². The molecular formula is C23H28N4O2. The Labute approximate surface area is 171 Å². The Hall–Kier alpha value is -2.99. The maximum absolute atomic E-state index is 6.19. The van der Waals surface area contributed by atoms with Crippen LogP contribution in [0.4, 0.5) is 0 Å². The molecule has 1 unspecified atom stereocenters. The van der Waals surface area contributed by atoms with Crippen LogP contribution in [0.2, 0.25) is 0 Å². The van der Waals surface area contributed by atoms with E-state index in [1.54, 1.807) is 7.05 Å². The van der Waals surface area contributed by atoms with Crippen molar-refractivity contribution in [3.05, 3.63) is 65.4 Å². The Bertz CT molecular complexity index is 956. The second kappa shape index (κ2) is 9.01. The summed E-state index contributed by atoms with van der Waals surface area (Å²) in [5, 5.41) is 7.97. The molecule has 3 aromatic rings. The molecule has 0 bridgehead atoms. The second-order valence-electron chi connectivity index (χ2n) is 7.38. The van der Waals surface area contributed by atoms with E-state index in [2.05, 4.69) is 63.9 Å². The average Bonchev–Trinajstić information content (AvgIpc) is 3.38. The van der Waals surface area contributed by atoms with Gasteiger partial charge in [-0.05, 0) is 36.1 Å². The van der Waals surface area contributed by atoms with Gasteiger partial charge >= 0.3 is 0 Å². The van der Waals surface area contributed by atoms with Crippen LogP contribution in [-0.4, -0.2) is 37.3 Å². The summed E-state index contributed by atoms with van der Waals surface area (Å²) in [6.45, 7) is 4.82. The number of ether oxygens (including phenoxy) is 2. The molecule has 4 rings (SSSR count). The van der Waals surface area contributed by atoms with Gasteiger partial charge in [0.05, 0.1) is 19.8 Å². The van der Waals surface area contributed by atoms with Gasteiger partial charge in [0, 0.05) is 36.8 Å². The minimum absolute atomic E-state index is 0.134. The molecule has 2 heterocycles. The van der Waals surface area contributed by atoms with E-state index in [0.29, 0.717) is 19.7 Å². The van der Waals surface area contributed by atoms with E-state index in [1.165, 1.54) is 10.9 Å². The summed E-state index contributed by atoms with van der Waals surface area (Å²) in [5.41, 5.74) is 4.55. The summed E-state index contributed by atoms with van der Waals surface area (Å²) in [6.07, 6.45) is 1.07. The summed E-state index contributed by atoms with van der Waals surface area (Å²) in [7, 11) is 1.78. The highest BCUT2D eigenvalue weighted by molar-refractivity contribution is 5.81. The zero-order chi connectivity index (χ0) is 20.1. The number of guanidine groups is 1. The number of para-hydroxylation sites is 1. The molecule has 29 heavy (non-hydrogen) atoms. The summed E-state index contributed by atoms with van der Waals surface area (Å²) in [5.74, 6) is 1.67. The maximum atomic E-state index is 6.19. The van der Waals surface area contributed by atoms with Crippen LogP contribution in [0.3, 0.4) is 0 Å². The van der Waals surface area contributed by atoms with Gasteiger partial charge in [0.1, 0.15) is 11.9 Å². The molecular weight excluding hydrogens is 364 g/mol. The van der Waals surface area contributed by atoms with E-state index in [4.69, 9.17) is 9.47 Å². The Morgan fingerprint density at radius 3 is 2.83 bits per heavy atom. The summed E-state index contributed by atoms with van der Waals surface area (Å²) < 4.78 is 11.6. The van der Waals surface area contributed by atoms with Crippen molar-refractivity contribution in [2.45, 2.75) is 32.5 Å². The maximum Gasteiger partial charge on any atom is 0.191 e. The third-order valence-electron chi connectivity index (χ3n) is 5.11. The van der Waals surface area contributed by atoms with Crippen molar-refractivity contribution in [2.24, 2.45) is 4.99 Å². The first-order valence-electron chi connectivity index (χ1n) is 10.1. The average molecular weight is 393 g/mol. The molecule has 0 aliphatic carbocycles. The van der Waals surface area contributed by atoms with Crippen LogP contribution >= 0.6 is 0 Å². The number of benzene rings is 2. The van der Waals surface area contributed by atoms with Crippen molar-refractivity contribution in [1.29, 1.82) is 0 Å². The lowest BCUT2D eigenvalue weighted by atomic mass is 10.1. The number of hydrogen-bond donors (Lipinski definition) is 3. The van der Waals surface area contributed by atoms with Crippen LogP contribution in [0.5, 0.6) is 5.75 Å². The van der Waals surface area contributed by atoms with Crippen molar-refractivity contribution in [3.8, 4) is 5.75 Å². The fraction of sp³-hybridized carbons (Fsp3) is 0.348. The van der Waals surface area contributed by atoms with E-state index in [9.17, 15) is 0 Å². The molecule has 0 amide bonds. The molecule has 1 aliphatic heterocycles. The lowest BCUT2D eigenvalue weighted by molar-refractivity contribution is 0.140. The summed E-state index contributed by atoms with van der Waals surface area (Å²) in [6, 6.07) is 16.7. The van der Waals surface area contributed by atoms with Crippen LogP contribution in [0, 0.1) is 6.92 Å².